The zero-order chi connectivity index (χ0) is 12.3. The number of rotatable bonds is 3. The highest BCUT2D eigenvalue weighted by Gasteiger charge is 2.10. The van der Waals surface area contributed by atoms with Gasteiger partial charge < -0.3 is 5.11 Å². The van der Waals surface area contributed by atoms with Crippen molar-refractivity contribution in [3.63, 3.8) is 0 Å². The van der Waals surface area contributed by atoms with Crippen molar-refractivity contribution in [2.45, 2.75) is 13.3 Å². The summed E-state index contributed by atoms with van der Waals surface area (Å²) in [5.74, 6) is 0.324. The van der Waals surface area contributed by atoms with Crippen molar-refractivity contribution < 1.29 is 9.90 Å². The van der Waals surface area contributed by atoms with Gasteiger partial charge in [-0.15, -0.1) is 0 Å². The first-order valence-corrected chi connectivity index (χ1v) is 5.64. The summed E-state index contributed by atoms with van der Waals surface area (Å²) in [7, 11) is 0. The molecule has 2 nitrogen and oxygen atoms in total. The van der Waals surface area contributed by atoms with Crippen LogP contribution < -0.4 is 0 Å². The number of ketones is 1. The Morgan fingerprint density at radius 2 is 1.88 bits per heavy atom. The van der Waals surface area contributed by atoms with E-state index in [1.807, 2.05) is 37.3 Å². The van der Waals surface area contributed by atoms with Crippen LogP contribution in [0.15, 0.2) is 48.5 Å². The molecule has 0 aromatic heterocycles. The number of hydrogen-bond donors (Lipinski definition) is 1. The molecule has 2 rings (SSSR count). The van der Waals surface area contributed by atoms with E-state index in [9.17, 15) is 9.90 Å². The smallest absolute Gasteiger partial charge is 0.163 e. The molecule has 0 bridgehead atoms. The average molecular weight is 226 g/mol. The van der Waals surface area contributed by atoms with Gasteiger partial charge in [0.05, 0.1) is 0 Å². The second kappa shape index (κ2) is 4.83. The molecule has 0 aliphatic rings. The maximum Gasteiger partial charge on any atom is 0.163 e. The molecular formula is C15H14O2. The van der Waals surface area contributed by atoms with Crippen LogP contribution in [0.1, 0.15) is 23.7 Å². The van der Waals surface area contributed by atoms with Crippen LogP contribution in [-0.2, 0) is 0 Å². The molecule has 2 aromatic rings. The lowest BCUT2D eigenvalue weighted by atomic mass is 9.96. The number of phenolic OH excluding ortho intramolecular Hbond substituents is 1. The van der Waals surface area contributed by atoms with Gasteiger partial charge in [-0.25, -0.2) is 0 Å². The van der Waals surface area contributed by atoms with Crippen LogP contribution in [-0.4, -0.2) is 10.9 Å². The van der Waals surface area contributed by atoms with E-state index in [-0.39, 0.29) is 11.5 Å². The van der Waals surface area contributed by atoms with Crippen molar-refractivity contribution in [1.82, 2.24) is 0 Å². The number of phenols is 1. The molecule has 0 amide bonds. The molecule has 0 unspecified atom stereocenters. The summed E-state index contributed by atoms with van der Waals surface area (Å²) in [6.07, 6.45) is 0.482. The second-order valence-electron chi connectivity index (χ2n) is 3.87. The van der Waals surface area contributed by atoms with Crippen LogP contribution >= 0.6 is 0 Å². The van der Waals surface area contributed by atoms with E-state index >= 15 is 0 Å². The van der Waals surface area contributed by atoms with Gasteiger partial charge in [-0.3, -0.25) is 4.79 Å². The molecule has 0 saturated carbocycles. The minimum Gasteiger partial charge on any atom is -0.508 e. The second-order valence-corrected chi connectivity index (χ2v) is 3.87. The largest absolute Gasteiger partial charge is 0.508 e. The third kappa shape index (κ3) is 2.36. The number of aromatic hydroxyl groups is 1. The summed E-state index contributed by atoms with van der Waals surface area (Å²) < 4.78 is 0. The number of hydrogen-bond acceptors (Lipinski definition) is 2. The summed E-state index contributed by atoms with van der Waals surface area (Å²) in [6.45, 7) is 1.85. The van der Waals surface area contributed by atoms with Crippen LogP contribution in [0, 0.1) is 0 Å². The molecule has 0 aliphatic carbocycles. The maximum atomic E-state index is 11.8. The van der Waals surface area contributed by atoms with Crippen molar-refractivity contribution in [2.24, 2.45) is 0 Å². The lowest BCUT2D eigenvalue weighted by Crippen LogP contribution is -1.99. The fourth-order valence-electron chi connectivity index (χ4n) is 1.84. The summed E-state index contributed by atoms with van der Waals surface area (Å²) in [4.78, 5) is 11.8. The molecule has 2 aromatic carbocycles. The molecule has 0 fully saturated rings. The van der Waals surface area contributed by atoms with Gasteiger partial charge in [0, 0.05) is 12.0 Å². The summed E-state index contributed by atoms with van der Waals surface area (Å²) >= 11 is 0. The van der Waals surface area contributed by atoms with Gasteiger partial charge in [0.1, 0.15) is 5.75 Å². The van der Waals surface area contributed by atoms with Crippen molar-refractivity contribution >= 4 is 5.78 Å². The van der Waals surface area contributed by atoms with Gasteiger partial charge in [0.2, 0.25) is 0 Å². The minimum atomic E-state index is 0.115. The Bertz CT molecular complexity index is 544. The van der Waals surface area contributed by atoms with Crippen LogP contribution in [0.5, 0.6) is 5.75 Å². The molecule has 0 heterocycles. The zero-order valence-electron chi connectivity index (χ0n) is 9.68. The first-order valence-electron chi connectivity index (χ1n) is 5.64. The molecular weight excluding hydrogens is 212 g/mol. The molecule has 0 saturated heterocycles. The van der Waals surface area contributed by atoms with E-state index in [4.69, 9.17) is 0 Å². The molecule has 1 N–H and O–H groups in total. The van der Waals surface area contributed by atoms with Gasteiger partial charge in [-0.05, 0) is 23.3 Å². The summed E-state index contributed by atoms with van der Waals surface area (Å²) in [5.41, 5.74) is 2.44. The lowest BCUT2D eigenvalue weighted by Gasteiger charge is -2.08. The predicted molar refractivity (Wildman–Crippen MR) is 68.2 cm³/mol. The van der Waals surface area contributed by atoms with E-state index in [2.05, 4.69) is 0 Å². The lowest BCUT2D eigenvalue weighted by molar-refractivity contribution is 0.0989. The van der Waals surface area contributed by atoms with Crippen molar-refractivity contribution in [1.29, 1.82) is 0 Å². The topological polar surface area (TPSA) is 37.3 Å². The number of carbonyl (C=O) groups is 1. The Kier molecular flexibility index (Phi) is 3.24. The third-order valence-electron chi connectivity index (χ3n) is 2.71. The van der Waals surface area contributed by atoms with Gasteiger partial charge in [0.15, 0.2) is 5.78 Å². The van der Waals surface area contributed by atoms with Crippen molar-refractivity contribution in [3.8, 4) is 16.9 Å². The number of carbonyl (C=O) groups excluding carboxylic acids is 1. The average Bonchev–Trinajstić information content (AvgIpc) is 2.38. The summed E-state index contributed by atoms with van der Waals surface area (Å²) in [5, 5.41) is 9.48. The molecule has 2 heteroatoms. The van der Waals surface area contributed by atoms with Crippen LogP contribution in [0.2, 0.25) is 0 Å². The predicted octanol–water partition coefficient (Wildman–Crippen LogP) is 3.65. The summed E-state index contributed by atoms with van der Waals surface area (Å²) in [6, 6.07) is 14.4. The third-order valence-corrected chi connectivity index (χ3v) is 2.71. The Labute approximate surface area is 101 Å². The monoisotopic (exact) mass is 226 g/mol. The molecule has 17 heavy (non-hydrogen) atoms. The Balaban J connectivity index is 2.55. The quantitative estimate of drug-likeness (QED) is 0.811. The van der Waals surface area contributed by atoms with E-state index in [0.29, 0.717) is 12.0 Å². The van der Waals surface area contributed by atoms with Crippen LogP contribution in [0.25, 0.3) is 11.1 Å². The molecule has 0 radical (unpaired) electrons. The molecule has 0 spiro atoms. The molecule has 0 aliphatic heterocycles. The van der Waals surface area contributed by atoms with Crippen molar-refractivity contribution in [2.75, 3.05) is 0 Å². The Morgan fingerprint density at radius 3 is 2.59 bits per heavy atom. The van der Waals surface area contributed by atoms with Crippen molar-refractivity contribution in [3.05, 3.63) is 54.1 Å². The standard InChI is InChI=1S/C15H14O2/c1-2-15(17)14-9-4-3-8-13(14)11-6-5-7-12(16)10-11/h3-10,16H,2H2,1H3. The first kappa shape index (κ1) is 11.4. The first-order chi connectivity index (χ1) is 8.22. The fraction of sp³-hybridized carbons (Fsp3) is 0.133. The highest BCUT2D eigenvalue weighted by molar-refractivity contribution is 6.02. The Hall–Kier alpha value is -2.09. The highest BCUT2D eigenvalue weighted by Crippen LogP contribution is 2.27. The number of Topliss-reactive ketones (excluding diaryl/α,β-unsaturated/α-hetero) is 1. The van der Waals surface area contributed by atoms with Gasteiger partial charge in [-0.1, -0.05) is 43.3 Å². The highest BCUT2D eigenvalue weighted by atomic mass is 16.3. The number of benzene rings is 2. The van der Waals surface area contributed by atoms with Crippen LogP contribution in [0.3, 0.4) is 0 Å². The van der Waals surface area contributed by atoms with E-state index in [1.54, 1.807) is 18.2 Å². The zero-order valence-corrected chi connectivity index (χ0v) is 9.68. The minimum absolute atomic E-state index is 0.115. The SMILES string of the molecule is CCC(=O)c1ccccc1-c1cccc(O)c1. The van der Waals surface area contributed by atoms with Crippen LogP contribution in [0.4, 0.5) is 0 Å². The van der Waals surface area contributed by atoms with Gasteiger partial charge in [-0.2, -0.15) is 0 Å². The van der Waals surface area contributed by atoms with E-state index in [1.165, 1.54) is 0 Å². The maximum absolute atomic E-state index is 11.8. The Morgan fingerprint density at radius 1 is 1.12 bits per heavy atom. The fourth-order valence-corrected chi connectivity index (χ4v) is 1.84. The van der Waals surface area contributed by atoms with E-state index < -0.39 is 0 Å². The van der Waals surface area contributed by atoms with Gasteiger partial charge in [0.25, 0.3) is 0 Å². The van der Waals surface area contributed by atoms with E-state index in [0.717, 1.165) is 11.1 Å². The molecule has 86 valence electrons. The normalized spacial score (nSPS) is 10.2. The van der Waals surface area contributed by atoms with Gasteiger partial charge >= 0.3 is 0 Å². The molecule has 0 atom stereocenters.